The third-order valence-electron chi connectivity index (χ3n) is 8.22. The van der Waals surface area contributed by atoms with Gasteiger partial charge in [-0.3, -0.25) is 0 Å². The number of hydrogen-bond donors (Lipinski definition) is 1. The van der Waals surface area contributed by atoms with Crippen molar-refractivity contribution in [2.45, 2.75) is 105 Å². The van der Waals surface area contributed by atoms with Crippen molar-refractivity contribution in [2.75, 3.05) is 0 Å². The largest absolute Gasteiger partial charge is 0.364 e. The summed E-state index contributed by atoms with van der Waals surface area (Å²) in [6.45, 7) is 27.5. The van der Waals surface area contributed by atoms with E-state index in [2.05, 4.69) is 138 Å². The molecule has 4 aromatic carbocycles. The minimum atomic E-state index is -1.56. The summed E-state index contributed by atoms with van der Waals surface area (Å²) in [6.07, 6.45) is 0. The van der Waals surface area contributed by atoms with Crippen molar-refractivity contribution in [3.05, 3.63) is 107 Å². The lowest BCUT2D eigenvalue weighted by molar-refractivity contribution is 0.568. The first-order chi connectivity index (χ1) is 19.3. The van der Waals surface area contributed by atoms with Gasteiger partial charge in [-0.25, -0.2) is 0 Å². The van der Waals surface area contributed by atoms with Crippen molar-refractivity contribution in [3.63, 3.8) is 0 Å². The van der Waals surface area contributed by atoms with Gasteiger partial charge in [-0.05, 0) is 60.6 Å². The second-order valence-electron chi connectivity index (χ2n) is 15.9. The fourth-order valence-corrected chi connectivity index (χ4v) is 7.06. The van der Waals surface area contributed by atoms with E-state index in [0.29, 0.717) is 0 Å². The average molecular weight is 579 g/mol. The smallest absolute Gasteiger partial charge is 0.0883 e. The summed E-state index contributed by atoms with van der Waals surface area (Å²) in [7, 11) is -1.56. The zero-order valence-corrected chi connectivity index (χ0v) is 28.9. The third kappa shape index (κ3) is 6.74. The fraction of sp³-hybridized carbons (Fsp3) is 0.400. The maximum Gasteiger partial charge on any atom is 0.0883 e. The highest BCUT2D eigenvalue weighted by atomic mass is 31.1. The van der Waals surface area contributed by atoms with Gasteiger partial charge in [-0.2, -0.15) is 0 Å². The van der Waals surface area contributed by atoms with Crippen molar-refractivity contribution >= 4 is 18.8 Å². The fourth-order valence-electron chi connectivity index (χ4n) is 5.65. The second kappa shape index (κ2) is 11.4. The van der Waals surface area contributed by atoms with Crippen LogP contribution in [-0.4, -0.2) is 4.89 Å². The number of hydrogen-bond acceptors (Lipinski definition) is 1. The van der Waals surface area contributed by atoms with Crippen LogP contribution < -0.4 is 10.6 Å². The van der Waals surface area contributed by atoms with Gasteiger partial charge in [0, 0.05) is 16.2 Å². The van der Waals surface area contributed by atoms with E-state index >= 15 is 0 Å². The van der Waals surface area contributed by atoms with Gasteiger partial charge in [0.1, 0.15) is 0 Å². The van der Waals surface area contributed by atoms with Crippen LogP contribution in [0.4, 0.5) is 0 Å². The molecule has 1 nitrogen and oxygen atoms in total. The quantitative estimate of drug-likeness (QED) is 0.239. The van der Waals surface area contributed by atoms with Crippen LogP contribution in [0.25, 0.3) is 22.3 Å². The van der Waals surface area contributed by atoms with Crippen LogP contribution in [0.5, 0.6) is 0 Å². The highest BCUT2D eigenvalue weighted by Crippen LogP contribution is 2.46. The second-order valence-corrected chi connectivity index (χ2v) is 17.5. The Hall–Kier alpha value is -2.73. The van der Waals surface area contributed by atoms with Crippen molar-refractivity contribution in [2.24, 2.45) is 0 Å². The van der Waals surface area contributed by atoms with Crippen LogP contribution in [0.3, 0.4) is 0 Å². The van der Waals surface area contributed by atoms with Gasteiger partial charge in [-0.15, -0.1) is 0 Å². The van der Waals surface area contributed by atoms with Crippen molar-refractivity contribution in [1.82, 2.24) is 0 Å². The maximum atomic E-state index is 12.0. The third-order valence-corrected chi connectivity index (χ3v) is 9.83. The van der Waals surface area contributed by atoms with Crippen molar-refractivity contribution in [3.8, 4) is 22.3 Å². The number of rotatable bonds is 4. The standard InChI is InChI=1S/C40H51OP/c1-37(2,3)27-21-23-30(33(25-27)39(7,8)9)31-19-16-20-35(42(41)29-17-14-13-15-18-29)36(31)32-24-22-28(38(4,5)6)26-34(32)40(10,11)12/h13-26,41H,1-12H3. The molecule has 0 bridgehead atoms. The minimum Gasteiger partial charge on any atom is -0.364 e. The molecule has 4 aromatic rings. The van der Waals surface area contributed by atoms with Gasteiger partial charge < -0.3 is 4.89 Å². The molecular weight excluding hydrogens is 527 g/mol. The molecule has 4 rings (SSSR count). The van der Waals surface area contributed by atoms with Gasteiger partial charge in [-0.1, -0.05) is 168 Å². The lowest BCUT2D eigenvalue weighted by atomic mass is 9.74. The molecule has 0 heterocycles. The topological polar surface area (TPSA) is 20.2 Å². The van der Waals surface area contributed by atoms with E-state index in [1.165, 1.54) is 38.9 Å². The molecule has 0 aromatic heterocycles. The van der Waals surface area contributed by atoms with Gasteiger partial charge in [0.2, 0.25) is 0 Å². The molecule has 0 radical (unpaired) electrons. The molecule has 0 aliphatic rings. The van der Waals surface area contributed by atoms with Gasteiger partial charge in [0.05, 0.1) is 8.15 Å². The van der Waals surface area contributed by atoms with Crippen LogP contribution in [0.15, 0.2) is 84.9 Å². The van der Waals surface area contributed by atoms with Crippen LogP contribution in [0.2, 0.25) is 0 Å². The molecule has 1 N–H and O–H groups in total. The first kappa shape index (κ1) is 32.2. The van der Waals surface area contributed by atoms with Crippen molar-refractivity contribution in [1.29, 1.82) is 0 Å². The summed E-state index contributed by atoms with van der Waals surface area (Å²) in [4.78, 5) is 12.0. The Kier molecular flexibility index (Phi) is 8.74. The van der Waals surface area contributed by atoms with Gasteiger partial charge in [0.15, 0.2) is 0 Å². The molecule has 1 atom stereocenters. The predicted molar refractivity (Wildman–Crippen MR) is 187 cm³/mol. The average Bonchev–Trinajstić information content (AvgIpc) is 2.90. The van der Waals surface area contributed by atoms with E-state index in [1.54, 1.807) is 0 Å². The minimum absolute atomic E-state index is 0.0384. The Morgan fingerprint density at radius 3 is 1.40 bits per heavy atom. The summed E-state index contributed by atoms with van der Waals surface area (Å²) < 4.78 is 0. The monoisotopic (exact) mass is 578 g/mol. The number of benzene rings is 4. The Labute approximate surface area is 257 Å². The molecule has 222 valence electrons. The SMILES string of the molecule is CC(C)(C)c1ccc(-c2cccc(P(O)c3ccccc3)c2-c2ccc(C(C)(C)C)cc2C(C)(C)C)c(C(C)(C)C)c1. The van der Waals surface area contributed by atoms with E-state index in [-0.39, 0.29) is 21.7 Å². The molecule has 0 aliphatic heterocycles. The van der Waals surface area contributed by atoms with Crippen molar-refractivity contribution < 1.29 is 4.89 Å². The molecule has 2 heteroatoms. The molecule has 0 amide bonds. The summed E-state index contributed by atoms with van der Waals surface area (Å²) in [5, 5.41) is 1.97. The zero-order chi connectivity index (χ0) is 31.3. The van der Waals surface area contributed by atoms with Gasteiger partial charge in [0.25, 0.3) is 0 Å². The van der Waals surface area contributed by atoms with E-state index in [1.807, 2.05) is 30.3 Å². The van der Waals surface area contributed by atoms with E-state index in [9.17, 15) is 4.89 Å². The lowest BCUT2D eigenvalue weighted by Gasteiger charge is -2.31. The van der Waals surface area contributed by atoms with E-state index in [0.717, 1.165) is 16.2 Å². The molecule has 0 aliphatic carbocycles. The lowest BCUT2D eigenvalue weighted by Crippen LogP contribution is -2.21. The van der Waals surface area contributed by atoms with Crippen LogP contribution >= 0.6 is 8.15 Å². The molecule has 0 saturated heterocycles. The van der Waals surface area contributed by atoms with Crippen LogP contribution in [0.1, 0.15) is 105 Å². The predicted octanol–water partition coefficient (Wildman–Crippen LogP) is 10.6. The highest BCUT2D eigenvalue weighted by Gasteiger charge is 2.30. The molecule has 0 saturated carbocycles. The first-order valence-electron chi connectivity index (χ1n) is 15.3. The summed E-state index contributed by atoms with van der Waals surface area (Å²) in [6, 6.07) is 30.7. The summed E-state index contributed by atoms with van der Waals surface area (Å²) in [5.41, 5.74) is 10.0. The van der Waals surface area contributed by atoms with Crippen LogP contribution in [-0.2, 0) is 21.7 Å². The summed E-state index contributed by atoms with van der Waals surface area (Å²) >= 11 is 0. The molecular formula is C40H51OP. The highest BCUT2D eigenvalue weighted by molar-refractivity contribution is 7.68. The van der Waals surface area contributed by atoms with Gasteiger partial charge >= 0.3 is 0 Å². The van der Waals surface area contributed by atoms with Crippen LogP contribution in [0, 0.1) is 0 Å². The Balaban J connectivity index is 2.15. The Morgan fingerprint density at radius 1 is 0.452 bits per heavy atom. The Morgan fingerprint density at radius 2 is 0.929 bits per heavy atom. The molecule has 42 heavy (non-hydrogen) atoms. The summed E-state index contributed by atoms with van der Waals surface area (Å²) in [5.74, 6) is 0. The molecule has 0 spiro atoms. The zero-order valence-electron chi connectivity index (χ0n) is 28.0. The van der Waals surface area contributed by atoms with E-state index < -0.39 is 8.15 Å². The van der Waals surface area contributed by atoms with E-state index in [4.69, 9.17) is 0 Å². The Bertz CT molecular complexity index is 1550. The first-order valence-corrected chi connectivity index (χ1v) is 16.6. The maximum absolute atomic E-state index is 12.0. The molecule has 0 fully saturated rings. The molecule has 1 unspecified atom stereocenters. The normalized spacial score (nSPS) is 13.7.